The molecule has 0 aliphatic carbocycles. The first-order valence-electron chi connectivity index (χ1n) is 13.2. The third kappa shape index (κ3) is 5.27. The molecule has 0 atom stereocenters. The molecule has 6 rings (SSSR count). The molecule has 0 radical (unpaired) electrons. The fraction of sp³-hybridized carbons (Fsp3) is 0.161. The minimum atomic E-state index is -0.204. The minimum Gasteiger partial charge on any atom is -0.435 e. The number of pyridine rings is 2. The highest BCUT2D eigenvalue weighted by molar-refractivity contribution is 5.94. The Kier molecular flexibility index (Phi) is 6.95. The third-order valence-corrected chi connectivity index (χ3v) is 6.86. The summed E-state index contributed by atoms with van der Waals surface area (Å²) in [6.07, 6.45) is 5.36. The van der Waals surface area contributed by atoms with Gasteiger partial charge in [0.25, 0.3) is 11.8 Å². The number of aromatic amines is 1. The molecule has 1 aromatic carbocycles. The number of hydrogen-bond donors (Lipinski definition) is 1. The van der Waals surface area contributed by atoms with Gasteiger partial charge in [-0.05, 0) is 49.4 Å². The fourth-order valence-corrected chi connectivity index (χ4v) is 4.69. The number of aromatic nitrogens is 5. The van der Waals surface area contributed by atoms with Gasteiger partial charge in [0.15, 0.2) is 11.4 Å². The number of H-pyrrole nitrogens is 1. The second kappa shape index (κ2) is 11.0. The van der Waals surface area contributed by atoms with Gasteiger partial charge in [0.2, 0.25) is 5.89 Å². The highest BCUT2D eigenvalue weighted by Gasteiger charge is 2.27. The number of piperazine rings is 1. The number of hydrogen-bond acceptors (Lipinski definition) is 7. The van der Waals surface area contributed by atoms with Crippen LogP contribution in [0.25, 0.3) is 40.3 Å². The zero-order valence-electron chi connectivity index (χ0n) is 22.4. The summed E-state index contributed by atoms with van der Waals surface area (Å²) >= 11 is 0. The van der Waals surface area contributed by atoms with Crippen molar-refractivity contribution in [2.45, 2.75) is 6.92 Å². The Morgan fingerprint density at radius 3 is 2.12 bits per heavy atom. The highest BCUT2D eigenvalue weighted by atomic mass is 16.3. The topological polar surface area (TPSA) is 121 Å². The van der Waals surface area contributed by atoms with Crippen LogP contribution in [0.3, 0.4) is 0 Å². The van der Waals surface area contributed by atoms with Gasteiger partial charge in [-0.15, -0.1) is 0 Å². The van der Waals surface area contributed by atoms with E-state index in [1.165, 1.54) is 0 Å². The van der Waals surface area contributed by atoms with E-state index < -0.39 is 0 Å². The van der Waals surface area contributed by atoms with Gasteiger partial charge in [0, 0.05) is 31.9 Å². The van der Waals surface area contributed by atoms with Gasteiger partial charge in [-0.3, -0.25) is 9.59 Å². The van der Waals surface area contributed by atoms with Crippen molar-refractivity contribution in [3.8, 4) is 23.1 Å². The molecule has 5 heterocycles. The zero-order chi connectivity index (χ0) is 28.3. The lowest BCUT2D eigenvalue weighted by molar-refractivity contribution is 0.0529. The summed E-state index contributed by atoms with van der Waals surface area (Å²) in [4.78, 5) is 51.4. The molecular weight excluding hydrogens is 518 g/mol. The fourth-order valence-electron chi connectivity index (χ4n) is 4.69. The molecule has 4 aromatic heterocycles. The summed E-state index contributed by atoms with van der Waals surface area (Å²) in [5, 5.41) is 0. The van der Waals surface area contributed by atoms with Crippen LogP contribution in [-0.4, -0.2) is 72.7 Å². The Labute approximate surface area is 236 Å². The Bertz CT molecular complexity index is 1760. The van der Waals surface area contributed by atoms with Crippen molar-refractivity contribution in [2.24, 2.45) is 0 Å². The summed E-state index contributed by atoms with van der Waals surface area (Å²) in [7, 11) is 0. The van der Waals surface area contributed by atoms with Crippen LogP contribution in [0.1, 0.15) is 32.4 Å². The highest BCUT2D eigenvalue weighted by Crippen LogP contribution is 2.23. The van der Waals surface area contributed by atoms with E-state index in [9.17, 15) is 9.59 Å². The lowest BCUT2D eigenvalue weighted by Gasteiger charge is -2.34. The SMILES string of the molecule is C=C/C=C\c1nc(-c2cccc(C(=O)N3CCN(C(=O)c4cccc(-c5nc6ccccc6o5)n4)CC3)n2)[nH]c1C. The number of fused-ring (bicyclic) bond motifs is 1. The number of benzene rings is 1. The first-order valence-corrected chi connectivity index (χ1v) is 13.2. The van der Waals surface area contributed by atoms with Crippen molar-refractivity contribution in [1.82, 2.24) is 34.7 Å². The Morgan fingerprint density at radius 2 is 1.46 bits per heavy atom. The van der Waals surface area contributed by atoms with Crippen LogP contribution < -0.4 is 0 Å². The smallest absolute Gasteiger partial charge is 0.272 e. The van der Waals surface area contributed by atoms with Gasteiger partial charge in [-0.1, -0.05) is 43.0 Å². The minimum absolute atomic E-state index is 0.190. The van der Waals surface area contributed by atoms with Crippen LogP contribution in [-0.2, 0) is 0 Å². The van der Waals surface area contributed by atoms with Crippen molar-refractivity contribution in [3.63, 3.8) is 0 Å². The molecule has 1 N–H and O–H groups in total. The van der Waals surface area contributed by atoms with Crippen molar-refractivity contribution in [3.05, 3.63) is 102 Å². The van der Waals surface area contributed by atoms with Gasteiger partial charge in [0.05, 0.1) is 5.69 Å². The van der Waals surface area contributed by atoms with Crippen molar-refractivity contribution in [1.29, 1.82) is 0 Å². The summed E-state index contributed by atoms with van der Waals surface area (Å²) < 4.78 is 5.81. The summed E-state index contributed by atoms with van der Waals surface area (Å²) in [6.45, 7) is 7.16. The Morgan fingerprint density at radius 1 is 0.829 bits per heavy atom. The number of carbonyl (C=O) groups excluding carboxylic acids is 2. The number of allylic oxidation sites excluding steroid dienone is 2. The van der Waals surface area contributed by atoms with E-state index in [1.54, 1.807) is 46.2 Å². The zero-order valence-corrected chi connectivity index (χ0v) is 22.4. The Balaban J connectivity index is 1.12. The van der Waals surface area contributed by atoms with Crippen LogP contribution in [0, 0.1) is 6.92 Å². The quantitative estimate of drug-likeness (QED) is 0.305. The van der Waals surface area contributed by atoms with E-state index >= 15 is 0 Å². The molecule has 1 saturated heterocycles. The first-order chi connectivity index (χ1) is 20.0. The number of nitrogens with one attached hydrogen (secondary N) is 1. The summed E-state index contributed by atoms with van der Waals surface area (Å²) in [6, 6.07) is 18.0. The molecule has 1 aliphatic rings. The van der Waals surface area contributed by atoms with E-state index in [0.29, 0.717) is 66.3 Å². The molecule has 0 unspecified atom stereocenters. The number of aryl methyl sites for hydroxylation is 1. The second-order valence-electron chi connectivity index (χ2n) is 9.58. The monoisotopic (exact) mass is 545 g/mol. The van der Waals surface area contributed by atoms with E-state index in [0.717, 1.165) is 16.9 Å². The average Bonchev–Trinajstić information content (AvgIpc) is 3.63. The molecule has 1 aliphatic heterocycles. The first kappa shape index (κ1) is 25.9. The van der Waals surface area contributed by atoms with Crippen LogP contribution in [0.2, 0.25) is 0 Å². The number of carbonyl (C=O) groups is 2. The molecule has 1 fully saturated rings. The molecule has 41 heavy (non-hydrogen) atoms. The predicted molar refractivity (Wildman–Crippen MR) is 155 cm³/mol. The number of para-hydroxylation sites is 2. The van der Waals surface area contributed by atoms with Crippen LogP contribution >= 0.6 is 0 Å². The van der Waals surface area contributed by atoms with Crippen molar-refractivity contribution < 1.29 is 14.0 Å². The third-order valence-electron chi connectivity index (χ3n) is 6.86. The summed E-state index contributed by atoms with van der Waals surface area (Å²) in [5.41, 5.74) is 4.76. The summed E-state index contributed by atoms with van der Waals surface area (Å²) in [5.74, 6) is 0.554. The lowest BCUT2D eigenvalue weighted by Crippen LogP contribution is -2.50. The number of amides is 2. The van der Waals surface area contributed by atoms with Gasteiger partial charge in [0.1, 0.15) is 28.3 Å². The molecule has 10 nitrogen and oxygen atoms in total. The molecule has 10 heteroatoms. The molecule has 204 valence electrons. The molecular formula is C31H27N7O3. The molecule has 5 aromatic rings. The van der Waals surface area contributed by atoms with E-state index in [2.05, 4.69) is 31.5 Å². The molecule has 0 spiro atoms. The van der Waals surface area contributed by atoms with Gasteiger partial charge >= 0.3 is 0 Å². The maximum atomic E-state index is 13.3. The maximum absolute atomic E-state index is 13.3. The van der Waals surface area contributed by atoms with Gasteiger partial charge in [-0.2, -0.15) is 0 Å². The lowest BCUT2D eigenvalue weighted by atomic mass is 10.2. The van der Waals surface area contributed by atoms with Gasteiger partial charge in [-0.25, -0.2) is 19.9 Å². The van der Waals surface area contributed by atoms with Crippen LogP contribution in [0.4, 0.5) is 0 Å². The predicted octanol–water partition coefficient (Wildman–Crippen LogP) is 4.78. The Hall–Kier alpha value is -5.38. The number of oxazole rings is 1. The van der Waals surface area contributed by atoms with Crippen molar-refractivity contribution in [2.75, 3.05) is 26.2 Å². The number of nitrogens with zero attached hydrogens (tertiary/aromatic N) is 6. The van der Waals surface area contributed by atoms with Crippen molar-refractivity contribution >= 4 is 29.0 Å². The molecule has 0 bridgehead atoms. The molecule has 0 saturated carbocycles. The van der Waals surface area contributed by atoms with E-state index in [1.807, 2.05) is 49.4 Å². The average molecular weight is 546 g/mol. The number of imidazole rings is 1. The number of rotatable bonds is 6. The van der Waals surface area contributed by atoms with Crippen LogP contribution in [0.5, 0.6) is 0 Å². The normalized spacial score (nSPS) is 13.7. The second-order valence-corrected chi connectivity index (χ2v) is 9.58. The van der Waals surface area contributed by atoms with Gasteiger partial charge < -0.3 is 19.2 Å². The van der Waals surface area contributed by atoms with E-state index in [4.69, 9.17) is 4.42 Å². The van der Waals surface area contributed by atoms with Crippen LogP contribution in [0.15, 0.2) is 83.8 Å². The van der Waals surface area contributed by atoms with E-state index in [-0.39, 0.29) is 11.8 Å². The molecule has 2 amide bonds. The maximum Gasteiger partial charge on any atom is 0.272 e. The standard InChI is InChI=1S/C31H27N7O3/c1-3-4-9-21-20(2)32-28(35-21)23-11-7-13-25(33-23)30(39)37-16-18-38(19-17-37)31(40)26-14-8-12-24(34-26)29-36-22-10-5-6-15-27(22)41-29/h3-15H,1,16-19H2,2H3,(H,32,35)/b9-4-. The largest absolute Gasteiger partial charge is 0.435 e.